The molecule has 0 aromatic heterocycles. The highest BCUT2D eigenvalue weighted by Crippen LogP contribution is 1.95. The van der Waals surface area contributed by atoms with Crippen LogP contribution in [0.25, 0.3) is 0 Å². The zero-order valence-corrected chi connectivity index (χ0v) is 5.84. The molecule has 0 saturated heterocycles. The van der Waals surface area contributed by atoms with Gasteiger partial charge in [0.2, 0.25) is 0 Å². The maximum Gasteiger partial charge on any atom is 0.331 e. The number of carbonyl (C=O) groups is 2. The standard InChI is InChI=1S/C4H5N3O2S/c5-2-1-3(8)7(10)4(6)9/h10H,1H2,(H2,6,9). The number of nitrogens with two attached hydrogens (primary N) is 1. The molecule has 10 heavy (non-hydrogen) atoms. The van der Waals surface area contributed by atoms with Crippen LogP contribution in [-0.4, -0.2) is 16.2 Å². The Hall–Kier alpha value is -1.22. The molecule has 0 atom stereocenters. The van der Waals surface area contributed by atoms with Gasteiger partial charge >= 0.3 is 6.03 Å². The van der Waals surface area contributed by atoms with E-state index in [1.165, 1.54) is 0 Å². The van der Waals surface area contributed by atoms with Crippen LogP contribution in [-0.2, 0) is 4.79 Å². The summed E-state index contributed by atoms with van der Waals surface area (Å²) in [7, 11) is 0. The summed E-state index contributed by atoms with van der Waals surface area (Å²) in [5.74, 6) is -0.724. The topological polar surface area (TPSA) is 87.2 Å². The monoisotopic (exact) mass is 159 g/mol. The lowest BCUT2D eigenvalue weighted by Gasteiger charge is -2.06. The maximum atomic E-state index is 10.5. The van der Waals surface area contributed by atoms with Crippen molar-refractivity contribution in [3.63, 3.8) is 0 Å². The fourth-order valence-electron chi connectivity index (χ4n) is 0.265. The lowest BCUT2D eigenvalue weighted by Crippen LogP contribution is -2.32. The summed E-state index contributed by atoms with van der Waals surface area (Å²) in [6.45, 7) is 0. The lowest BCUT2D eigenvalue weighted by molar-refractivity contribution is -0.123. The molecule has 5 nitrogen and oxygen atoms in total. The number of hydrogen-bond donors (Lipinski definition) is 2. The van der Waals surface area contributed by atoms with E-state index in [1.807, 2.05) is 0 Å². The Labute approximate surface area is 62.9 Å². The van der Waals surface area contributed by atoms with Crippen molar-refractivity contribution in [2.24, 2.45) is 5.73 Å². The Morgan fingerprint density at radius 3 is 2.50 bits per heavy atom. The highest BCUT2D eigenvalue weighted by Gasteiger charge is 2.13. The molecule has 3 amide bonds. The van der Waals surface area contributed by atoms with Crippen molar-refractivity contribution in [3.8, 4) is 6.07 Å². The van der Waals surface area contributed by atoms with Crippen molar-refractivity contribution in [2.45, 2.75) is 6.42 Å². The van der Waals surface area contributed by atoms with E-state index in [2.05, 4.69) is 18.5 Å². The van der Waals surface area contributed by atoms with Crippen LogP contribution in [0.2, 0.25) is 0 Å². The van der Waals surface area contributed by atoms with Crippen LogP contribution < -0.4 is 5.73 Å². The van der Waals surface area contributed by atoms with Gasteiger partial charge in [-0.25, -0.2) is 9.10 Å². The molecule has 0 aromatic rings. The van der Waals surface area contributed by atoms with Gasteiger partial charge < -0.3 is 5.73 Å². The lowest BCUT2D eigenvalue weighted by atomic mass is 10.4. The van der Waals surface area contributed by atoms with Gasteiger partial charge in [0.05, 0.1) is 6.07 Å². The highest BCUT2D eigenvalue weighted by molar-refractivity contribution is 7.79. The van der Waals surface area contributed by atoms with Gasteiger partial charge in [-0.05, 0) is 0 Å². The van der Waals surface area contributed by atoms with Gasteiger partial charge in [-0.3, -0.25) is 4.79 Å². The van der Waals surface area contributed by atoms with E-state index in [1.54, 1.807) is 6.07 Å². The second-order valence-electron chi connectivity index (χ2n) is 1.38. The summed E-state index contributed by atoms with van der Waals surface area (Å²) in [6, 6.07) is 0.573. The minimum absolute atomic E-state index is 0.392. The fraction of sp³-hybridized carbons (Fsp3) is 0.250. The smallest absolute Gasteiger partial charge is 0.331 e. The Kier molecular flexibility index (Phi) is 3.28. The average molecular weight is 159 g/mol. The molecule has 0 unspecified atom stereocenters. The zero-order valence-electron chi connectivity index (χ0n) is 4.94. The first-order valence-corrected chi connectivity index (χ1v) is 2.67. The molecule has 0 spiro atoms. The number of nitriles is 1. The summed E-state index contributed by atoms with van der Waals surface area (Å²) >= 11 is 3.41. The van der Waals surface area contributed by atoms with Crippen LogP contribution in [0.4, 0.5) is 4.79 Å². The van der Waals surface area contributed by atoms with Gasteiger partial charge in [-0.2, -0.15) is 5.26 Å². The minimum atomic E-state index is -0.983. The molecule has 0 heterocycles. The van der Waals surface area contributed by atoms with Crippen LogP contribution in [0.3, 0.4) is 0 Å². The number of rotatable bonds is 1. The number of hydrogen-bond acceptors (Lipinski definition) is 4. The number of primary amides is 1. The summed E-state index contributed by atoms with van der Waals surface area (Å²) < 4.78 is 0.392. The molecule has 0 radical (unpaired) electrons. The summed E-state index contributed by atoms with van der Waals surface area (Å²) in [5, 5.41) is 7.98. The van der Waals surface area contributed by atoms with Crippen molar-refractivity contribution in [1.82, 2.24) is 4.31 Å². The SMILES string of the molecule is N#CCC(=O)N(S)C(N)=O. The Morgan fingerprint density at radius 2 is 2.20 bits per heavy atom. The van der Waals surface area contributed by atoms with Crippen molar-refractivity contribution in [3.05, 3.63) is 0 Å². The van der Waals surface area contributed by atoms with E-state index in [0.29, 0.717) is 4.31 Å². The first-order chi connectivity index (χ1) is 4.59. The molecule has 0 bridgehead atoms. The third-order valence-electron chi connectivity index (χ3n) is 0.675. The molecular formula is C4H5N3O2S. The maximum absolute atomic E-state index is 10.5. The summed E-state index contributed by atoms with van der Waals surface area (Å²) in [6.07, 6.45) is -0.396. The molecule has 6 heteroatoms. The van der Waals surface area contributed by atoms with E-state index < -0.39 is 18.4 Å². The second-order valence-corrected chi connectivity index (χ2v) is 1.78. The molecule has 0 aliphatic heterocycles. The Bertz CT molecular complexity index is 197. The number of imide groups is 1. The predicted octanol–water partition coefficient (Wildman–Crippen LogP) is -0.348. The van der Waals surface area contributed by atoms with Crippen LogP contribution in [0, 0.1) is 11.3 Å². The van der Waals surface area contributed by atoms with Crippen molar-refractivity contribution in [2.75, 3.05) is 0 Å². The fourth-order valence-corrected chi connectivity index (χ4v) is 0.336. The third kappa shape index (κ3) is 2.37. The molecular weight excluding hydrogens is 154 g/mol. The van der Waals surface area contributed by atoms with Crippen LogP contribution in [0.15, 0.2) is 0 Å². The zero-order chi connectivity index (χ0) is 8.15. The Morgan fingerprint density at radius 1 is 1.70 bits per heavy atom. The third-order valence-corrected chi connectivity index (χ3v) is 1.10. The van der Waals surface area contributed by atoms with Gasteiger partial charge in [0, 0.05) is 0 Å². The van der Waals surface area contributed by atoms with Gasteiger partial charge in [-0.15, -0.1) is 0 Å². The van der Waals surface area contributed by atoms with E-state index in [0.717, 1.165) is 0 Å². The van der Waals surface area contributed by atoms with Gasteiger partial charge in [0.1, 0.15) is 6.42 Å². The van der Waals surface area contributed by atoms with E-state index in [9.17, 15) is 9.59 Å². The van der Waals surface area contributed by atoms with Crippen molar-refractivity contribution >= 4 is 24.8 Å². The predicted molar refractivity (Wildman–Crippen MR) is 35.6 cm³/mol. The summed E-state index contributed by atoms with van der Waals surface area (Å²) in [5.41, 5.74) is 4.65. The normalized spacial score (nSPS) is 8.00. The number of carbonyl (C=O) groups excluding carboxylic acids is 2. The molecule has 0 saturated carbocycles. The molecule has 2 N–H and O–H groups in total. The first kappa shape index (κ1) is 8.78. The number of nitrogens with zero attached hydrogens (tertiary/aromatic N) is 2. The largest absolute Gasteiger partial charge is 0.350 e. The van der Waals surface area contributed by atoms with E-state index >= 15 is 0 Å². The average Bonchev–Trinajstić information content (AvgIpc) is 1.87. The van der Waals surface area contributed by atoms with Crippen LogP contribution in [0.5, 0.6) is 0 Å². The molecule has 54 valence electrons. The highest BCUT2D eigenvalue weighted by atomic mass is 32.1. The van der Waals surface area contributed by atoms with E-state index in [-0.39, 0.29) is 0 Å². The van der Waals surface area contributed by atoms with Crippen LogP contribution in [0.1, 0.15) is 6.42 Å². The minimum Gasteiger partial charge on any atom is -0.350 e. The van der Waals surface area contributed by atoms with Crippen molar-refractivity contribution in [1.29, 1.82) is 5.26 Å². The first-order valence-electron chi connectivity index (χ1n) is 2.27. The molecule has 0 aliphatic carbocycles. The second kappa shape index (κ2) is 3.74. The van der Waals surface area contributed by atoms with E-state index in [4.69, 9.17) is 5.26 Å². The van der Waals surface area contributed by atoms with Gasteiger partial charge in [0.15, 0.2) is 0 Å². The number of amides is 3. The van der Waals surface area contributed by atoms with Gasteiger partial charge in [0.25, 0.3) is 5.91 Å². The van der Waals surface area contributed by atoms with Crippen LogP contribution >= 0.6 is 12.8 Å². The number of thiol groups is 1. The van der Waals surface area contributed by atoms with Gasteiger partial charge in [-0.1, -0.05) is 12.8 Å². The molecule has 0 fully saturated rings. The molecule has 0 aliphatic rings. The molecule has 0 aromatic carbocycles. The molecule has 0 rings (SSSR count). The number of urea groups is 1. The van der Waals surface area contributed by atoms with Crippen molar-refractivity contribution < 1.29 is 9.59 Å². The summed E-state index contributed by atoms with van der Waals surface area (Å²) in [4.78, 5) is 20.7. The Balaban J connectivity index is 3.98. The quantitative estimate of drug-likeness (QED) is 0.513.